The van der Waals surface area contributed by atoms with Gasteiger partial charge in [0.1, 0.15) is 6.10 Å². The molecule has 2 aromatic carbocycles. The number of alkyl halides is 3. The Hall–Kier alpha value is -3.30. The summed E-state index contributed by atoms with van der Waals surface area (Å²) < 4.78 is 51.7. The van der Waals surface area contributed by atoms with Crippen molar-refractivity contribution in [1.29, 1.82) is 0 Å². The van der Waals surface area contributed by atoms with E-state index in [2.05, 4.69) is 17.5 Å². The minimum absolute atomic E-state index is 0.105. The molecule has 2 aromatic rings. The number of amides is 1. The maximum absolute atomic E-state index is 13.9. The van der Waals surface area contributed by atoms with Crippen LogP contribution in [0.3, 0.4) is 0 Å². The molecule has 2 aliphatic heterocycles. The van der Waals surface area contributed by atoms with Crippen LogP contribution < -0.4 is 9.47 Å². The SMILES string of the molecule is C=CCN1CC[C@]23c4c5ccc(OC)c4O[C@H]2[C@@H](N(CC(C)C)C(=O)C=Cc2ccc(C(F)(F)F)cc2)CC[C@@]3(O)[C@H]1C5. The van der Waals surface area contributed by atoms with Crippen LogP contribution in [0.4, 0.5) is 13.2 Å². The predicted octanol–water partition coefficient (Wildman–Crippen LogP) is 5.62. The van der Waals surface area contributed by atoms with Crippen LogP contribution in [-0.4, -0.2) is 71.3 Å². The van der Waals surface area contributed by atoms with Crippen LogP contribution in [0.15, 0.2) is 55.1 Å². The van der Waals surface area contributed by atoms with Crippen LogP contribution in [-0.2, 0) is 22.8 Å². The van der Waals surface area contributed by atoms with Crippen molar-refractivity contribution in [2.75, 3.05) is 26.7 Å². The molecule has 43 heavy (non-hydrogen) atoms. The lowest BCUT2D eigenvalue weighted by Gasteiger charge is -2.64. The fraction of sp³-hybridized carbons (Fsp3) is 0.500. The van der Waals surface area contributed by atoms with E-state index in [9.17, 15) is 23.1 Å². The van der Waals surface area contributed by atoms with Gasteiger partial charge in [-0.25, -0.2) is 0 Å². The van der Waals surface area contributed by atoms with Gasteiger partial charge in [0.25, 0.3) is 0 Å². The second-order valence-corrected chi connectivity index (χ2v) is 12.8. The molecular formula is C34H39F3N2O4. The Kier molecular flexibility index (Phi) is 7.40. The summed E-state index contributed by atoms with van der Waals surface area (Å²) >= 11 is 0. The van der Waals surface area contributed by atoms with Gasteiger partial charge >= 0.3 is 6.18 Å². The number of carbonyl (C=O) groups is 1. The number of aliphatic hydroxyl groups is 1. The van der Waals surface area contributed by atoms with E-state index >= 15 is 0 Å². The number of hydrogen-bond donors (Lipinski definition) is 1. The smallest absolute Gasteiger partial charge is 0.416 e. The third-order valence-corrected chi connectivity index (χ3v) is 10.0. The molecule has 2 heterocycles. The highest BCUT2D eigenvalue weighted by Crippen LogP contribution is 2.66. The number of halogens is 3. The van der Waals surface area contributed by atoms with Crippen molar-refractivity contribution in [2.45, 2.75) is 74.9 Å². The van der Waals surface area contributed by atoms with Crippen LogP contribution in [0, 0.1) is 5.92 Å². The Labute approximate surface area is 250 Å². The first-order valence-electron chi connectivity index (χ1n) is 15.0. The first-order chi connectivity index (χ1) is 20.4. The van der Waals surface area contributed by atoms with Crippen molar-refractivity contribution in [1.82, 2.24) is 9.80 Å². The molecule has 5 atom stereocenters. The van der Waals surface area contributed by atoms with E-state index in [0.717, 1.165) is 29.8 Å². The molecule has 2 fully saturated rings. The van der Waals surface area contributed by atoms with Gasteiger partial charge in [-0.15, -0.1) is 6.58 Å². The van der Waals surface area contributed by atoms with Gasteiger partial charge in [-0.2, -0.15) is 13.2 Å². The third-order valence-electron chi connectivity index (χ3n) is 10.0. The van der Waals surface area contributed by atoms with Gasteiger partial charge in [-0.05, 0) is 73.5 Å². The fourth-order valence-corrected chi connectivity index (χ4v) is 8.29. The van der Waals surface area contributed by atoms with Crippen molar-refractivity contribution >= 4 is 12.0 Å². The zero-order valence-corrected chi connectivity index (χ0v) is 24.9. The Morgan fingerprint density at radius 1 is 1.23 bits per heavy atom. The normalized spacial score (nSPS) is 29.3. The van der Waals surface area contributed by atoms with Gasteiger partial charge in [0, 0.05) is 30.8 Å². The second-order valence-electron chi connectivity index (χ2n) is 12.8. The van der Waals surface area contributed by atoms with Crippen LogP contribution >= 0.6 is 0 Å². The molecule has 4 aliphatic rings. The highest BCUT2D eigenvalue weighted by Gasteiger charge is 2.73. The summed E-state index contributed by atoms with van der Waals surface area (Å²) in [5.74, 6) is 1.22. The molecule has 0 aromatic heterocycles. The number of likely N-dealkylation sites (tertiary alicyclic amines) is 1. The lowest BCUT2D eigenvalue weighted by Crippen LogP contribution is -2.78. The van der Waals surface area contributed by atoms with E-state index in [1.165, 1.54) is 18.2 Å². The molecule has 1 N–H and O–H groups in total. The molecule has 0 unspecified atom stereocenters. The fourth-order valence-electron chi connectivity index (χ4n) is 8.29. The van der Waals surface area contributed by atoms with E-state index < -0.39 is 28.9 Å². The number of nitrogens with zero attached hydrogens (tertiary/aromatic N) is 2. The molecule has 0 radical (unpaired) electrons. The highest BCUT2D eigenvalue weighted by molar-refractivity contribution is 5.92. The van der Waals surface area contributed by atoms with Gasteiger partial charge in [-0.3, -0.25) is 9.69 Å². The monoisotopic (exact) mass is 596 g/mol. The lowest BCUT2D eigenvalue weighted by molar-refractivity contribution is -0.199. The van der Waals surface area contributed by atoms with Gasteiger partial charge < -0.3 is 19.5 Å². The topological polar surface area (TPSA) is 62.2 Å². The summed E-state index contributed by atoms with van der Waals surface area (Å²) in [4.78, 5) is 18.1. The van der Waals surface area contributed by atoms with Crippen molar-refractivity contribution in [3.8, 4) is 11.5 Å². The molecule has 6 nitrogen and oxygen atoms in total. The van der Waals surface area contributed by atoms with E-state index in [4.69, 9.17) is 9.47 Å². The molecule has 1 amide bonds. The summed E-state index contributed by atoms with van der Waals surface area (Å²) in [6, 6.07) is 8.36. The number of methoxy groups -OCH3 is 1. The summed E-state index contributed by atoms with van der Waals surface area (Å²) in [7, 11) is 1.61. The summed E-state index contributed by atoms with van der Waals surface area (Å²) in [5.41, 5.74) is 0.183. The van der Waals surface area contributed by atoms with Gasteiger partial charge in [0.15, 0.2) is 11.5 Å². The van der Waals surface area contributed by atoms with Crippen molar-refractivity contribution in [3.63, 3.8) is 0 Å². The number of piperidine rings is 1. The van der Waals surface area contributed by atoms with E-state index in [1.807, 2.05) is 30.9 Å². The van der Waals surface area contributed by atoms with E-state index in [-0.39, 0.29) is 23.9 Å². The number of rotatable bonds is 8. The minimum atomic E-state index is -4.42. The zero-order valence-electron chi connectivity index (χ0n) is 24.9. The number of hydrogen-bond acceptors (Lipinski definition) is 5. The highest BCUT2D eigenvalue weighted by atomic mass is 19.4. The summed E-state index contributed by atoms with van der Waals surface area (Å²) in [5, 5.41) is 12.7. The molecule has 2 aliphatic carbocycles. The Morgan fingerprint density at radius 2 is 1.98 bits per heavy atom. The predicted molar refractivity (Wildman–Crippen MR) is 158 cm³/mol. The summed E-state index contributed by atoms with van der Waals surface area (Å²) in [6.45, 7) is 9.98. The van der Waals surface area contributed by atoms with Crippen LogP contribution in [0.5, 0.6) is 11.5 Å². The molecule has 230 valence electrons. The maximum Gasteiger partial charge on any atom is 0.416 e. The molecule has 1 saturated heterocycles. The molecule has 1 spiro atoms. The third kappa shape index (κ3) is 4.58. The first kappa shape index (κ1) is 29.8. The van der Waals surface area contributed by atoms with Crippen molar-refractivity contribution < 1.29 is 32.5 Å². The van der Waals surface area contributed by atoms with Crippen LogP contribution in [0.25, 0.3) is 6.08 Å². The Balaban J connectivity index is 1.38. The second kappa shape index (κ2) is 10.7. The number of ether oxygens (including phenoxy) is 2. The average molecular weight is 597 g/mol. The first-order valence-corrected chi connectivity index (χ1v) is 15.0. The van der Waals surface area contributed by atoms with Gasteiger partial charge in [0.05, 0.1) is 29.7 Å². The zero-order chi connectivity index (χ0) is 30.7. The molecule has 1 saturated carbocycles. The maximum atomic E-state index is 13.9. The number of benzene rings is 2. The van der Waals surface area contributed by atoms with Crippen LogP contribution in [0.2, 0.25) is 0 Å². The van der Waals surface area contributed by atoms with Crippen molar-refractivity contribution in [3.05, 3.63) is 77.4 Å². The lowest BCUT2D eigenvalue weighted by atomic mass is 9.48. The largest absolute Gasteiger partial charge is 0.493 e. The minimum Gasteiger partial charge on any atom is -0.493 e. The van der Waals surface area contributed by atoms with Gasteiger partial charge in [-0.1, -0.05) is 38.1 Å². The molecule has 2 bridgehead atoms. The summed E-state index contributed by atoms with van der Waals surface area (Å²) in [6.07, 6.45) is 2.42. The average Bonchev–Trinajstić information content (AvgIpc) is 3.31. The van der Waals surface area contributed by atoms with Crippen LogP contribution in [0.1, 0.15) is 55.4 Å². The standard InChI is InChI=1S/C34H39F3N2O4/c1-5-17-38-18-16-32-29-23-9-12-26(42-4)30(29)43-31(32)25(14-15-33(32,41)27(38)19-23)39(20-21(2)3)28(40)13-8-22-6-10-24(11-7-22)34(35,36)37/h5-13,21,25,27,31,41H,1,14-20H2,2-4H3/t25-,27+,31-,32-,33+/m0/s1. The molecule has 9 heteroatoms. The Morgan fingerprint density at radius 3 is 2.63 bits per heavy atom. The number of carbonyl (C=O) groups excluding carboxylic acids is 1. The van der Waals surface area contributed by atoms with Gasteiger partial charge in [0.2, 0.25) is 5.91 Å². The quantitative estimate of drug-likeness (QED) is 0.317. The van der Waals surface area contributed by atoms with E-state index in [1.54, 1.807) is 13.2 Å². The van der Waals surface area contributed by atoms with E-state index in [0.29, 0.717) is 55.8 Å². The molecule has 6 rings (SSSR count). The Bertz CT molecular complexity index is 1440. The van der Waals surface area contributed by atoms with Crippen molar-refractivity contribution in [2.24, 2.45) is 5.92 Å². The molecular weight excluding hydrogens is 557 g/mol.